The van der Waals surface area contributed by atoms with Crippen molar-refractivity contribution in [2.24, 2.45) is 16.7 Å². The van der Waals surface area contributed by atoms with Crippen LogP contribution in [-0.4, -0.2) is 22.5 Å². The van der Waals surface area contributed by atoms with Gasteiger partial charge in [0.05, 0.1) is 12.1 Å². The van der Waals surface area contributed by atoms with E-state index >= 15 is 0 Å². The maximum absolute atomic E-state index is 10.1. The molecule has 3 nitrogen and oxygen atoms in total. The van der Waals surface area contributed by atoms with Gasteiger partial charge in [-0.1, -0.05) is 20.8 Å². The number of fused-ring (bicyclic) bond motifs is 2. The Balaban J connectivity index is 2.39. The second kappa shape index (κ2) is 2.47. The average molecular weight is 185 g/mol. The van der Waals surface area contributed by atoms with Crippen molar-refractivity contribution in [3.8, 4) is 0 Å². The summed E-state index contributed by atoms with van der Waals surface area (Å²) in [6.45, 7) is 6.53. The number of aliphatic hydroxyl groups excluding tert-OH is 1. The number of nitrogens with one attached hydrogen (secondary N) is 1. The third-order valence-corrected chi connectivity index (χ3v) is 4.95. The van der Waals surface area contributed by atoms with Crippen LogP contribution in [0.15, 0.2) is 0 Å². The largest absolute Gasteiger partial charge is 0.391 e. The Morgan fingerprint density at radius 3 is 2.23 bits per heavy atom. The van der Waals surface area contributed by atoms with Gasteiger partial charge in [-0.2, -0.15) is 5.48 Å². The van der Waals surface area contributed by atoms with Gasteiger partial charge >= 0.3 is 0 Å². The van der Waals surface area contributed by atoms with E-state index in [0.29, 0.717) is 5.92 Å². The lowest BCUT2D eigenvalue weighted by Gasteiger charge is -2.36. The normalized spacial score (nSPS) is 52.8. The van der Waals surface area contributed by atoms with Crippen molar-refractivity contribution in [2.45, 2.75) is 45.8 Å². The van der Waals surface area contributed by atoms with Crippen molar-refractivity contribution >= 4 is 0 Å². The molecule has 0 heterocycles. The van der Waals surface area contributed by atoms with Crippen molar-refractivity contribution in [1.29, 1.82) is 0 Å². The molecule has 0 radical (unpaired) electrons. The average Bonchev–Trinajstić information content (AvgIpc) is 2.36. The fraction of sp³-hybridized carbons (Fsp3) is 1.00. The Labute approximate surface area is 79.1 Å². The number of rotatable bonds is 1. The van der Waals surface area contributed by atoms with Crippen LogP contribution in [-0.2, 0) is 0 Å². The molecule has 2 aliphatic carbocycles. The lowest BCUT2D eigenvalue weighted by Crippen LogP contribution is -2.45. The van der Waals surface area contributed by atoms with Crippen molar-refractivity contribution in [3.63, 3.8) is 0 Å². The molecule has 0 aromatic carbocycles. The molecule has 0 spiro atoms. The molecule has 13 heavy (non-hydrogen) atoms. The topological polar surface area (TPSA) is 52.5 Å². The highest BCUT2D eigenvalue weighted by molar-refractivity contribution is 5.16. The molecule has 3 heteroatoms. The van der Waals surface area contributed by atoms with Crippen LogP contribution < -0.4 is 5.48 Å². The summed E-state index contributed by atoms with van der Waals surface area (Å²) in [5.74, 6) is 0.400. The van der Waals surface area contributed by atoms with E-state index in [2.05, 4.69) is 26.3 Å². The lowest BCUT2D eigenvalue weighted by molar-refractivity contribution is -0.0284. The zero-order chi connectivity index (χ0) is 9.85. The third kappa shape index (κ3) is 0.853. The Kier molecular flexibility index (Phi) is 1.79. The first-order valence-corrected chi connectivity index (χ1v) is 5.03. The van der Waals surface area contributed by atoms with Crippen LogP contribution in [0.4, 0.5) is 0 Å². The van der Waals surface area contributed by atoms with Crippen molar-refractivity contribution < 1.29 is 10.3 Å². The summed E-state index contributed by atoms with van der Waals surface area (Å²) in [7, 11) is 0. The zero-order valence-corrected chi connectivity index (χ0v) is 8.54. The van der Waals surface area contributed by atoms with Crippen molar-refractivity contribution in [1.82, 2.24) is 5.48 Å². The van der Waals surface area contributed by atoms with E-state index in [0.717, 1.165) is 12.8 Å². The zero-order valence-electron chi connectivity index (χ0n) is 8.54. The van der Waals surface area contributed by atoms with Gasteiger partial charge in [-0.15, -0.1) is 0 Å². The molecule has 2 fully saturated rings. The Hall–Kier alpha value is -0.120. The summed E-state index contributed by atoms with van der Waals surface area (Å²) in [6.07, 6.45) is 1.77. The lowest BCUT2D eigenvalue weighted by atomic mass is 9.70. The highest BCUT2D eigenvalue weighted by Crippen LogP contribution is 2.65. The van der Waals surface area contributed by atoms with Crippen LogP contribution in [0.5, 0.6) is 0 Å². The van der Waals surface area contributed by atoms with E-state index in [1.54, 1.807) is 0 Å². The summed E-state index contributed by atoms with van der Waals surface area (Å²) in [5, 5.41) is 19.0. The predicted octanol–water partition coefficient (Wildman–Crippen LogP) is 1.15. The minimum Gasteiger partial charge on any atom is -0.391 e. The highest BCUT2D eigenvalue weighted by Gasteiger charge is 2.65. The molecule has 0 aliphatic heterocycles. The van der Waals surface area contributed by atoms with Crippen LogP contribution in [0, 0.1) is 16.7 Å². The van der Waals surface area contributed by atoms with E-state index in [1.807, 2.05) is 0 Å². The SMILES string of the molecule is CC1(C)[C@H]2CC[C@@]1(C)[C@H](O)[C@@H]2NO. The first-order valence-electron chi connectivity index (χ1n) is 5.03. The molecule has 0 saturated heterocycles. The first-order chi connectivity index (χ1) is 5.95. The van der Waals surface area contributed by atoms with Gasteiger partial charge in [-0.05, 0) is 24.2 Å². The summed E-state index contributed by atoms with van der Waals surface area (Å²) in [5.41, 5.74) is 2.38. The second-order valence-corrected chi connectivity index (χ2v) is 5.38. The highest BCUT2D eigenvalue weighted by atomic mass is 16.5. The van der Waals surface area contributed by atoms with Gasteiger partial charge in [0.25, 0.3) is 0 Å². The quantitative estimate of drug-likeness (QED) is 0.537. The monoisotopic (exact) mass is 185 g/mol. The van der Waals surface area contributed by atoms with E-state index in [9.17, 15) is 5.11 Å². The summed E-state index contributed by atoms with van der Waals surface area (Å²) < 4.78 is 0. The van der Waals surface area contributed by atoms with E-state index in [1.165, 1.54) is 0 Å². The molecular weight excluding hydrogens is 166 g/mol. The first kappa shape index (κ1) is 9.44. The fourth-order valence-corrected chi connectivity index (χ4v) is 3.50. The van der Waals surface area contributed by atoms with Gasteiger partial charge in [0, 0.05) is 5.41 Å². The molecule has 0 aromatic rings. The molecule has 76 valence electrons. The van der Waals surface area contributed by atoms with Crippen LogP contribution in [0.2, 0.25) is 0 Å². The molecule has 0 amide bonds. The van der Waals surface area contributed by atoms with E-state index < -0.39 is 6.10 Å². The maximum Gasteiger partial charge on any atom is 0.0777 e. The van der Waals surface area contributed by atoms with Gasteiger partial charge in [-0.25, -0.2) is 0 Å². The number of hydrogen-bond donors (Lipinski definition) is 3. The number of aliphatic hydroxyl groups is 1. The third-order valence-electron chi connectivity index (χ3n) is 4.95. The van der Waals surface area contributed by atoms with Gasteiger partial charge < -0.3 is 10.3 Å². The van der Waals surface area contributed by atoms with Gasteiger partial charge in [0.15, 0.2) is 0 Å². The van der Waals surface area contributed by atoms with Crippen LogP contribution >= 0.6 is 0 Å². The fourth-order valence-electron chi connectivity index (χ4n) is 3.50. The van der Waals surface area contributed by atoms with Gasteiger partial charge in [0.1, 0.15) is 0 Å². The van der Waals surface area contributed by atoms with Gasteiger partial charge in [0.2, 0.25) is 0 Å². The maximum atomic E-state index is 10.1. The van der Waals surface area contributed by atoms with Gasteiger partial charge in [-0.3, -0.25) is 0 Å². The number of hydrogen-bond acceptors (Lipinski definition) is 3. The minimum absolute atomic E-state index is 0.0297. The van der Waals surface area contributed by atoms with Crippen molar-refractivity contribution in [3.05, 3.63) is 0 Å². The van der Waals surface area contributed by atoms with Crippen LogP contribution in [0.1, 0.15) is 33.6 Å². The predicted molar refractivity (Wildman–Crippen MR) is 49.3 cm³/mol. The molecule has 2 rings (SSSR count). The van der Waals surface area contributed by atoms with Crippen molar-refractivity contribution in [2.75, 3.05) is 0 Å². The van der Waals surface area contributed by atoms with Crippen LogP contribution in [0.3, 0.4) is 0 Å². The van der Waals surface area contributed by atoms with E-state index in [4.69, 9.17) is 5.21 Å². The standard InChI is InChI=1S/C10H19NO2/c1-9(2)6-4-5-10(9,3)8(12)7(6)11-13/h6-8,11-13H,4-5H2,1-3H3/t6-,7+,8+,10-/m0/s1. The molecule has 2 bridgehead atoms. The minimum atomic E-state index is -0.411. The molecule has 0 unspecified atom stereocenters. The smallest absolute Gasteiger partial charge is 0.0777 e. The molecule has 3 N–H and O–H groups in total. The molecule has 4 atom stereocenters. The number of hydroxylamine groups is 1. The summed E-state index contributed by atoms with van der Waals surface area (Å²) >= 11 is 0. The summed E-state index contributed by atoms with van der Waals surface area (Å²) in [4.78, 5) is 0. The second-order valence-electron chi connectivity index (χ2n) is 5.38. The Morgan fingerprint density at radius 1 is 1.31 bits per heavy atom. The molecular formula is C10H19NO2. The molecule has 0 aromatic heterocycles. The summed E-state index contributed by atoms with van der Waals surface area (Å²) in [6, 6.07) is -0.131. The van der Waals surface area contributed by atoms with Crippen LogP contribution in [0.25, 0.3) is 0 Å². The molecule has 2 aliphatic rings. The Bertz CT molecular complexity index is 229. The molecule has 2 saturated carbocycles. The Morgan fingerprint density at radius 2 is 1.92 bits per heavy atom. The van der Waals surface area contributed by atoms with E-state index in [-0.39, 0.29) is 16.9 Å².